The van der Waals surface area contributed by atoms with Crippen molar-refractivity contribution in [2.24, 2.45) is 0 Å². The molecule has 1 aliphatic heterocycles. The van der Waals surface area contributed by atoms with Crippen LogP contribution in [-0.4, -0.2) is 47.8 Å². The van der Waals surface area contributed by atoms with Crippen LogP contribution in [0.1, 0.15) is 44.1 Å². The van der Waals surface area contributed by atoms with Gasteiger partial charge < -0.3 is 13.7 Å². The summed E-state index contributed by atoms with van der Waals surface area (Å²) in [4.78, 5) is 14.8. The number of carbonyl (C=O) groups excluding carboxylic acids is 1. The molecular formula is C22H25N3O5S. The number of carbonyl (C=O) groups is 1. The fourth-order valence-electron chi connectivity index (χ4n) is 3.63. The van der Waals surface area contributed by atoms with E-state index in [1.54, 1.807) is 56.5 Å². The number of rotatable bonds is 6. The van der Waals surface area contributed by atoms with Crippen molar-refractivity contribution in [3.05, 3.63) is 54.1 Å². The molecule has 3 heterocycles. The van der Waals surface area contributed by atoms with Gasteiger partial charge in [-0.05, 0) is 56.5 Å². The van der Waals surface area contributed by atoms with Gasteiger partial charge in [0, 0.05) is 19.0 Å². The Balaban J connectivity index is 1.32. The first-order valence-corrected chi connectivity index (χ1v) is 11.9. The molecule has 0 radical (unpaired) electrons. The molecule has 31 heavy (non-hydrogen) atoms. The predicted octanol–water partition coefficient (Wildman–Crippen LogP) is 3.46. The van der Waals surface area contributed by atoms with Crippen molar-refractivity contribution >= 4 is 15.7 Å². The Morgan fingerprint density at radius 2 is 1.84 bits per heavy atom. The van der Waals surface area contributed by atoms with E-state index in [2.05, 4.69) is 10.2 Å². The number of amides is 1. The minimum Gasteiger partial charge on any atom is -0.459 e. The standard InChI is InChI=1S/C22H25N3O5S/c1-15(2)31(27,28)18-7-5-16(6-8-18)14-20(26)25-11-9-17(10-12-25)21-23-24-22(30-21)19-4-3-13-29-19/h3-8,13,15,17H,9-12,14H2,1-2H3. The second-order valence-corrected chi connectivity index (χ2v) is 10.5. The zero-order chi connectivity index (χ0) is 22.0. The molecule has 1 aliphatic rings. The van der Waals surface area contributed by atoms with Crippen molar-refractivity contribution in [3.8, 4) is 11.7 Å². The third-order valence-electron chi connectivity index (χ3n) is 5.60. The van der Waals surface area contributed by atoms with Crippen LogP contribution in [0.25, 0.3) is 11.7 Å². The average molecular weight is 444 g/mol. The highest BCUT2D eigenvalue weighted by atomic mass is 32.2. The Hall–Kier alpha value is -2.94. The van der Waals surface area contributed by atoms with Gasteiger partial charge in [-0.1, -0.05) is 12.1 Å². The summed E-state index contributed by atoms with van der Waals surface area (Å²) in [7, 11) is -3.31. The van der Waals surface area contributed by atoms with Crippen LogP contribution in [0, 0.1) is 0 Å². The lowest BCUT2D eigenvalue weighted by atomic mass is 9.96. The first kappa shape index (κ1) is 21.3. The van der Waals surface area contributed by atoms with Gasteiger partial charge in [0.05, 0.1) is 22.8 Å². The van der Waals surface area contributed by atoms with Crippen LogP contribution in [0.3, 0.4) is 0 Å². The topological polar surface area (TPSA) is 107 Å². The Kier molecular flexibility index (Phi) is 5.95. The van der Waals surface area contributed by atoms with Gasteiger partial charge in [0.1, 0.15) is 0 Å². The van der Waals surface area contributed by atoms with Gasteiger partial charge in [0.25, 0.3) is 5.89 Å². The summed E-state index contributed by atoms with van der Waals surface area (Å²) in [6.07, 6.45) is 3.30. The quantitative estimate of drug-likeness (QED) is 0.574. The lowest BCUT2D eigenvalue weighted by Gasteiger charge is -2.30. The van der Waals surface area contributed by atoms with Crippen LogP contribution in [0.4, 0.5) is 0 Å². The molecule has 4 rings (SSSR count). The van der Waals surface area contributed by atoms with Gasteiger partial charge in [0.15, 0.2) is 15.6 Å². The third-order valence-corrected chi connectivity index (χ3v) is 7.77. The number of hydrogen-bond donors (Lipinski definition) is 0. The Morgan fingerprint density at radius 1 is 1.13 bits per heavy atom. The van der Waals surface area contributed by atoms with E-state index < -0.39 is 15.1 Å². The van der Waals surface area contributed by atoms with E-state index in [0.717, 1.165) is 18.4 Å². The molecule has 0 bridgehead atoms. The molecule has 164 valence electrons. The minimum absolute atomic E-state index is 0.0275. The molecule has 0 unspecified atom stereocenters. The fourth-order valence-corrected chi connectivity index (χ4v) is 4.69. The van der Waals surface area contributed by atoms with Gasteiger partial charge >= 0.3 is 0 Å². The molecule has 0 aliphatic carbocycles. The molecule has 1 saturated heterocycles. The fraction of sp³-hybridized carbons (Fsp3) is 0.409. The second-order valence-electron chi connectivity index (χ2n) is 7.99. The van der Waals surface area contributed by atoms with Crippen LogP contribution in [0.2, 0.25) is 0 Å². The predicted molar refractivity (Wildman–Crippen MR) is 113 cm³/mol. The van der Waals surface area contributed by atoms with Gasteiger partial charge in [-0.15, -0.1) is 10.2 Å². The van der Waals surface area contributed by atoms with Crippen LogP contribution in [-0.2, 0) is 21.1 Å². The molecule has 9 heteroatoms. The van der Waals surface area contributed by atoms with E-state index in [1.807, 2.05) is 4.90 Å². The molecule has 0 saturated carbocycles. The SMILES string of the molecule is CC(C)S(=O)(=O)c1ccc(CC(=O)N2CCC(c3nnc(-c4ccco4)o3)CC2)cc1. The summed E-state index contributed by atoms with van der Waals surface area (Å²) >= 11 is 0. The maximum Gasteiger partial charge on any atom is 0.283 e. The van der Waals surface area contributed by atoms with Gasteiger partial charge in [0.2, 0.25) is 11.8 Å². The molecule has 3 aromatic rings. The first-order valence-electron chi connectivity index (χ1n) is 10.3. The molecule has 1 aromatic carbocycles. The van der Waals surface area contributed by atoms with Crippen molar-refractivity contribution in [2.45, 2.75) is 49.2 Å². The molecule has 8 nitrogen and oxygen atoms in total. The monoisotopic (exact) mass is 443 g/mol. The van der Waals surface area contributed by atoms with Gasteiger partial charge in [-0.2, -0.15) is 0 Å². The highest BCUT2D eigenvalue weighted by Crippen LogP contribution is 2.29. The zero-order valence-corrected chi connectivity index (χ0v) is 18.3. The molecule has 2 aromatic heterocycles. The summed E-state index contributed by atoms with van der Waals surface area (Å²) in [5, 5.41) is 7.71. The van der Waals surface area contributed by atoms with Crippen LogP contribution in [0.15, 0.2) is 56.4 Å². The summed E-state index contributed by atoms with van der Waals surface area (Å²) in [6, 6.07) is 10.1. The minimum atomic E-state index is -3.31. The van der Waals surface area contributed by atoms with Crippen molar-refractivity contribution < 1.29 is 22.0 Å². The number of hydrogen-bond acceptors (Lipinski definition) is 7. The van der Waals surface area contributed by atoms with Gasteiger partial charge in [-0.3, -0.25) is 4.79 Å². The lowest BCUT2D eigenvalue weighted by molar-refractivity contribution is -0.131. The molecule has 0 N–H and O–H groups in total. The number of likely N-dealkylation sites (tertiary alicyclic amines) is 1. The van der Waals surface area contributed by atoms with E-state index in [-0.39, 0.29) is 23.1 Å². The highest BCUT2D eigenvalue weighted by Gasteiger charge is 2.28. The van der Waals surface area contributed by atoms with E-state index in [9.17, 15) is 13.2 Å². The van der Waals surface area contributed by atoms with Crippen LogP contribution >= 0.6 is 0 Å². The first-order chi connectivity index (χ1) is 14.8. The number of sulfone groups is 1. The van der Waals surface area contributed by atoms with Crippen LogP contribution < -0.4 is 0 Å². The maximum atomic E-state index is 12.7. The van der Waals surface area contributed by atoms with Gasteiger partial charge in [-0.25, -0.2) is 8.42 Å². The second kappa shape index (κ2) is 8.66. The molecule has 0 spiro atoms. The number of furan rings is 1. The van der Waals surface area contributed by atoms with Crippen molar-refractivity contribution in [3.63, 3.8) is 0 Å². The Labute approximate surface area is 181 Å². The van der Waals surface area contributed by atoms with E-state index in [1.165, 1.54) is 0 Å². The van der Waals surface area contributed by atoms with Crippen LogP contribution in [0.5, 0.6) is 0 Å². The number of benzene rings is 1. The smallest absolute Gasteiger partial charge is 0.283 e. The largest absolute Gasteiger partial charge is 0.459 e. The number of piperidine rings is 1. The number of nitrogens with zero attached hydrogens (tertiary/aromatic N) is 3. The molecule has 1 amide bonds. The molecule has 1 fully saturated rings. The zero-order valence-electron chi connectivity index (χ0n) is 17.5. The Bertz CT molecular complexity index is 1130. The highest BCUT2D eigenvalue weighted by molar-refractivity contribution is 7.92. The van der Waals surface area contributed by atoms with Crippen molar-refractivity contribution in [2.75, 3.05) is 13.1 Å². The van der Waals surface area contributed by atoms with E-state index in [4.69, 9.17) is 8.83 Å². The average Bonchev–Trinajstić information content (AvgIpc) is 3.46. The summed E-state index contributed by atoms with van der Waals surface area (Å²) < 4.78 is 35.5. The third kappa shape index (κ3) is 4.56. The molecular weight excluding hydrogens is 418 g/mol. The summed E-state index contributed by atoms with van der Waals surface area (Å²) in [6.45, 7) is 4.54. The van der Waals surface area contributed by atoms with E-state index >= 15 is 0 Å². The number of aromatic nitrogens is 2. The van der Waals surface area contributed by atoms with Crippen molar-refractivity contribution in [1.29, 1.82) is 0 Å². The Morgan fingerprint density at radius 3 is 2.45 bits per heavy atom. The molecule has 0 atom stereocenters. The van der Waals surface area contributed by atoms with E-state index in [0.29, 0.717) is 30.6 Å². The summed E-state index contributed by atoms with van der Waals surface area (Å²) in [5.41, 5.74) is 0.801. The maximum absolute atomic E-state index is 12.7. The normalized spacial score (nSPS) is 15.5. The van der Waals surface area contributed by atoms with Crippen molar-refractivity contribution in [1.82, 2.24) is 15.1 Å². The lowest BCUT2D eigenvalue weighted by Crippen LogP contribution is -2.38. The summed E-state index contributed by atoms with van der Waals surface area (Å²) in [5.74, 6) is 1.61.